The molecular formula is C16H31NO. The van der Waals surface area contributed by atoms with Gasteiger partial charge in [-0.3, -0.25) is 4.90 Å². The fraction of sp³-hybridized carbons (Fsp3) is 1.00. The molecule has 0 aromatic rings. The highest BCUT2D eigenvalue weighted by atomic mass is 16.3. The Bertz CT molecular complexity index is 243. The Hall–Kier alpha value is -0.0800. The molecule has 106 valence electrons. The van der Waals surface area contributed by atoms with Crippen LogP contribution in [0, 0.1) is 11.3 Å². The van der Waals surface area contributed by atoms with E-state index in [0.29, 0.717) is 17.9 Å². The van der Waals surface area contributed by atoms with E-state index < -0.39 is 0 Å². The van der Waals surface area contributed by atoms with Gasteiger partial charge in [0.15, 0.2) is 0 Å². The smallest absolute Gasteiger partial charge is 0.0433 e. The molecule has 0 spiro atoms. The van der Waals surface area contributed by atoms with Crippen molar-refractivity contribution < 1.29 is 5.11 Å². The lowest BCUT2D eigenvalue weighted by molar-refractivity contribution is 0.0133. The molecule has 0 aromatic heterocycles. The van der Waals surface area contributed by atoms with Crippen LogP contribution >= 0.6 is 0 Å². The molecule has 2 heteroatoms. The zero-order valence-corrected chi connectivity index (χ0v) is 12.3. The van der Waals surface area contributed by atoms with E-state index in [-0.39, 0.29) is 0 Å². The normalized spacial score (nSPS) is 31.2. The summed E-state index contributed by atoms with van der Waals surface area (Å²) in [5.41, 5.74) is 0.382. The molecule has 2 aliphatic rings. The third-order valence-electron chi connectivity index (χ3n) is 5.30. The maximum atomic E-state index is 9.19. The van der Waals surface area contributed by atoms with E-state index in [9.17, 15) is 5.11 Å². The molecule has 0 aromatic carbocycles. The predicted octanol–water partition coefficient (Wildman–Crippen LogP) is 3.44. The van der Waals surface area contributed by atoms with Gasteiger partial charge < -0.3 is 5.11 Å². The largest absolute Gasteiger partial charge is 0.396 e. The topological polar surface area (TPSA) is 23.5 Å². The fourth-order valence-electron chi connectivity index (χ4n) is 4.07. The summed E-state index contributed by atoms with van der Waals surface area (Å²) >= 11 is 0. The van der Waals surface area contributed by atoms with Gasteiger partial charge in [0.1, 0.15) is 0 Å². The number of piperidine rings is 1. The summed E-state index contributed by atoms with van der Waals surface area (Å²) in [4.78, 5) is 2.76. The molecule has 1 saturated heterocycles. The molecule has 0 radical (unpaired) electrons. The van der Waals surface area contributed by atoms with Gasteiger partial charge in [0.2, 0.25) is 0 Å². The molecule has 0 bridgehead atoms. The van der Waals surface area contributed by atoms with Gasteiger partial charge in [-0.25, -0.2) is 0 Å². The van der Waals surface area contributed by atoms with E-state index in [2.05, 4.69) is 18.7 Å². The Balaban J connectivity index is 1.92. The van der Waals surface area contributed by atoms with Crippen LogP contribution in [0.15, 0.2) is 0 Å². The molecule has 1 unspecified atom stereocenters. The first-order valence-corrected chi connectivity index (χ1v) is 7.98. The molecule has 2 fully saturated rings. The highest BCUT2D eigenvalue weighted by Crippen LogP contribution is 2.39. The Morgan fingerprint density at radius 3 is 2.28 bits per heavy atom. The standard InChI is InChI=1S/C16H31NO/c1-16(2)13-17(11-9-14(16)10-12-18)15-7-5-3-4-6-8-15/h14-15,18H,3-13H2,1-2H3. The van der Waals surface area contributed by atoms with Gasteiger partial charge in [0.25, 0.3) is 0 Å². The lowest BCUT2D eigenvalue weighted by Gasteiger charge is -2.47. The number of likely N-dealkylation sites (tertiary alicyclic amines) is 1. The van der Waals surface area contributed by atoms with Crippen molar-refractivity contribution in [1.29, 1.82) is 0 Å². The molecule has 1 saturated carbocycles. The van der Waals surface area contributed by atoms with Crippen LogP contribution in [0.1, 0.15) is 65.2 Å². The predicted molar refractivity (Wildman–Crippen MR) is 76.7 cm³/mol. The van der Waals surface area contributed by atoms with Crippen molar-refractivity contribution in [3.63, 3.8) is 0 Å². The summed E-state index contributed by atoms with van der Waals surface area (Å²) in [6.07, 6.45) is 10.9. The van der Waals surface area contributed by atoms with E-state index in [1.807, 2.05) is 0 Å². The van der Waals surface area contributed by atoms with Crippen molar-refractivity contribution in [3.8, 4) is 0 Å². The molecular weight excluding hydrogens is 222 g/mol. The second kappa shape index (κ2) is 6.38. The summed E-state index contributed by atoms with van der Waals surface area (Å²) in [7, 11) is 0. The first-order valence-electron chi connectivity index (χ1n) is 7.98. The maximum absolute atomic E-state index is 9.19. The van der Waals surface area contributed by atoms with E-state index in [0.717, 1.165) is 12.5 Å². The number of rotatable bonds is 3. The maximum Gasteiger partial charge on any atom is 0.0433 e. The second-order valence-corrected chi connectivity index (χ2v) is 7.10. The zero-order chi connectivity index (χ0) is 13.0. The lowest BCUT2D eigenvalue weighted by Crippen LogP contribution is -2.50. The number of hydrogen-bond donors (Lipinski definition) is 1. The van der Waals surface area contributed by atoms with Gasteiger partial charge in [-0.05, 0) is 43.6 Å². The van der Waals surface area contributed by atoms with Crippen molar-refractivity contribution in [3.05, 3.63) is 0 Å². The minimum absolute atomic E-state index is 0.359. The number of hydrogen-bond acceptors (Lipinski definition) is 2. The lowest BCUT2D eigenvalue weighted by atomic mass is 9.72. The minimum atomic E-state index is 0.359. The fourth-order valence-corrected chi connectivity index (χ4v) is 4.07. The van der Waals surface area contributed by atoms with Crippen LogP contribution < -0.4 is 0 Å². The Morgan fingerprint density at radius 1 is 1.06 bits per heavy atom. The number of aliphatic hydroxyl groups is 1. The SMILES string of the molecule is CC1(C)CN(C2CCCCCC2)CCC1CCO. The Morgan fingerprint density at radius 2 is 1.72 bits per heavy atom. The van der Waals surface area contributed by atoms with Crippen LogP contribution in [-0.2, 0) is 0 Å². The van der Waals surface area contributed by atoms with E-state index in [4.69, 9.17) is 0 Å². The zero-order valence-electron chi connectivity index (χ0n) is 12.3. The average Bonchev–Trinajstić information content (AvgIpc) is 2.60. The molecule has 1 atom stereocenters. The molecule has 2 rings (SSSR count). The van der Waals surface area contributed by atoms with Crippen LogP contribution in [0.3, 0.4) is 0 Å². The van der Waals surface area contributed by atoms with Crippen LogP contribution in [0.5, 0.6) is 0 Å². The van der Waals surface area contributed by atoms with Crippen molar-refractivity contribution in [2.45, 2.75) is 71.3 Å². The van der Waals surface area contributed by atoms with Gasteiger partial charge in [0, 0.05) is 19.2 Å². The number of aliphatic hydroxyl groups excluding tert-OH is 1. The third-order valence-corrected chi connectivity index (χ3v) is 5.30. The van der Waals surface area contributed by atoms with Gasteiger partial charge in [-0.2, -0.15) is 0 Å². The molecule has 18 heavy (non-hydrogen) atoms. The summed E-state index contributed by atoms with van der Waals surface area (Å²) in [6.45, 7) is 7.66. The first kappa shape index (κ1) is 14.3. The van der Waals surface area contributed by atoms with E-state index >= 15 is 0 Å². The first-order chi connectivity index (χ1) is 8.63. The summed E-state index contributed by atoms with van der Waals surface area (Å²) < 4.78 is 0. The van der Waals surface area contributed by atoms with Crippen molar-refractivity contribution in [2.24, 2.45) is 11.3 Å². The van der Waals surface area contributed by atoms with E-state index in [1.165, 1.54) is 58.0 Å². The quantitative estimate of drug-likeness (QED) is 0.779. The van der Waals surface area contributed by atoms with Crippen molar-refractivity contribution in [2.75, 3.05) is 19.7 Å². The molecule has 1 N–H and O–H groups in total. The molecule has 0 amide bonds. The highest BCUT2D eigenvalue weighted by molar-refractivity contribution is 4.90. The molecule has 2 nitrogen and oxygen atoms in total. The minimum Gasteiger partial charge on any atom is -0.396 e. The van der Waals surface area contributed by atoms with Crippen LogP contribution in [0.25, 0.3) is 0 Å². The van der Waals surface area contributed by atoms with Crippen molar-refractivity contribution >= 4 is 0 Å². The van der Waals surface area contributed by atoms with Crippen molar-refractivity contribution in [1.82, 2.24) is 4.90 Å². The third kappa shape index (κ3) is 3.48. The van der Waals surface area contributed by atoms with Crippen LogP contribution in [-0.4, -0.2) is 35.7 Å². The van der Waals surface area contributed by atoms with Gasteiger partial charge in [-0.1, -0.05) is 39.5 Å². The van der Waals surface area contributed by atoms with E-state index in [1.54, 1.807) is 0 Å². The summed E-state index contributed by atoms with van der Waals surface area (Å²) in [5, 5.41) is 9.19. The monoisotopic (exact) mass is 253 g/mol. The average molecular weight is 253 g/mol. The number of nitrogens with zero attached hydrogens (tertiary/aromatic N) is 1. The summed E-state index contributed by atoms with van der Waals surface area (Å²) in [6, 6.07) is 0.849. The second-order valence-electron chi connectivity index (χ2n) is 7.10. The Labute approximate surface area is 113 Å². The van der Waals surface area contributed by atoms with Crippen LogP contribution in [0.4, 0.5) is 0 Å². The van der Waals surface area contributed by atoms with Gasteiger partial charge >= 0.3 is 0 Å². The molecule has 1 heterocycles. The molecule has 1 aliphatic carbocycles. The van der Waals surface area contributed by atoms with Gasteiger partial charge in [0.05, 0.1) is 0 Å². The summed E-state index contributed by atoms with van der Waals surface area (Å²) in [5.74, 6) is 0.713. The highest BCUT2D eigenvalue weighted by Gasteiger charge is 2.37. The van der Waals surface area contributed by atoms with Crippen LogP contribution in [0.2, 0.25) is 0 Å². The molecule has 1 aliphatic heterocycles. The van der Waals surface area contributed by atoms with Gasteiger partial charge in [-0.15, -0.1) is 0 Å². The Kier molecular flexibility index (Phi) is 5.08.